The van der Waals surface area contributed by atoms with Crippen LogP contribution >= 0.6 is 12.4 Å². The van der Waals surface area contributed by atoms with E-state index in [9.17, 15) is 52.7 Å². The Morgan fingerprint density at radius 2 is 0.852 bits per heavy atom. The predicted molar refractivity (Wildman–Crippen MR) is 192 cm³/mol. The first-order valence-corrected chi connectivity index (χ1v) is 17.2. The fourth-order valence-corrected chi connectivity index (χ4v) is 3.60. The number of carbonyl (C=O) groups excluding carboxylic acids is 7. The number of halogens is 1. The van der Waals surface area contributed by atoms with Crippen LogP contribution in [0.2, 0.25) is 0 Å². The smallest absolute Gasteiger partial charge is 0.375 e. The van der Waals surface area contributed by atoms with Gasteiger partial charge < -0.3 is 44.2 Å². The molecule has 312 valence electrons. The highest BCUT2D eigenvalue weighted by Gasteiger charge is 2.33. The summed E-state index contributed by atoms with van der Waals surface area (Å²) in [7, 11) is 0. The van der Waals surface area contributed by atoms with Crippen molar-refractivity contribution in [1.82, 2.24) is 0 Å². The van der Waals surface area contributed by atoms with Gasteiger partial charge in [-0.2, -0.15) is 0 Å². The number of esters is 3. The van der Waals surface area contributed by atoms with Crippen molar-refractivity contribution in [2.24, 2.45) is 5.92 Å². The zero-order chi connectivity index (χ0) is 41.8. The molecule has 0 aliphatic rings. The van der Waals surface area contributed by atoms with E-state index in [0.29, 0.717) is 51.6 Å². The Labute approximate surface area is 321 Å². The molecule has 0 aromatic heterocycles. The van der Waals surface area contributed by atoms with E-state index >= 15 is 0 Å². The van der Waals surface area contributed by atoms with E-state index in [1.54, 1.807) is 27.7 Å². The molecule has 19 heteroatoms. The molecule has 54 heavy (non-hydrogen) atoms. The summed E-state index contributed by atoms with van der Waals surface area (Å²) in [6.07, 6.45) is 4.82. The molecule has 0 bridgehead atoms. The maximum atomic E-state index is 11.8. The van der Waals surface area contributed by atoms with Gasteiger partial charge in [0.05, 0.1) is 19.8 Å². The molecule has 1 unspecified atom stereocenters. The normalized spacial score (nSPS) is 9.94. The lowest BCUT2D eigenvalue weighted by Gasteiger charge is -2.13. The first kappa shape index (κ1) is 58.6. The molecular formula is C35H57ClO18. The Morgan fingerprint density at radius 1 is 0.481 bits per heavy atom. The number of ketones is 4. The van der Waals surface area contributed by atoms with E-state index in [2.05, 4.69) is 4.74 Å². The van der Waals surface area contributed by atoms with Gasteiger partial charge in [0.1, 0.15) is 17.5 Å². The maximum Gasteiger partial charge on any atom is 0.375 e. The first-order chi connectivity index (χ1) is 24.8. The van der Waals surface area contributed by atoms with Gasteiger partial charge >= 0.3 is 41.8 Å². The van der Waals surface area contributed by atoms with Crippen molar-refractivity contribution in [3.63, 3.8) is 0 Å². The van der Waals surface area contributed by atoms with Crippen LogP contribution in [0.1, 0.15) is 131 Å². The molecule has 0 aliphatic heterocycles. The predicted octanol–water partition coefficient (Wildman–Crippen LogP) is 4.18. The number of hydrogen-bond acceptors (Lipinski definition) is 14. The van der Waals surface area contributed by atoms with E-state index in [1.807, 2.05) is 0 Å². The van der Waals surface area contributed by atoms with Gasteiger partial charge in [-0.1, -0.05) is 0 Å². The average molecular weight is 801 g/mol. The number of carbonyl (C=O) groups is 11. The number of carboxylic acids is 4. The number of Topliss-reactive ketones (excluding diaryl/α,β-unsaturated/α-hetero) is 4. The van der Waals surface area contributed by atoms with Crippen molar-refractivity contribution in [1.29, 1.82) is 0 Å². The summed E-state index contributed by atoms with van der Waals surface area (Å²) in [6.45, 7) is 8.57. The van der Waals surface area contributed by atoms with Crippen molar-refractivity contribution in [2.45, 2.75) is 131 Å². The summed E-state index contributed by atoms with van der Waals surface area (Å²) < 4.78 is 14.1. The molecule has 1 atom stereocenters. The zero-order valence-corrected chi connectivity index (χ0v) is 32.5. The van der Waals surface area contributed by atoms with Crippen LogP contribution in [-0.2, 0) is 67.0 Å². The Hall–Kier alpha value is -4.74. The molecule has 0 aromatic rings. The largest absolute Gasteiger partial charge is 0.481 e. The highest BCUT2D eigenvalue weighted by atomic mass is 35.5. The third-order valence-corrected chi connectivity index (χ3v) is 6.17. The lowest BCUT2D eigenvalue weighted by Crippen LogP contribution is -2.33. The van der Waals surface area contributed by atoms with Gasteiger partial charge in [-0.15, -0.1) is 12.4 Å². The van der Waals surface area contributed by atoms with Crippen LogP contribution in [0, 0.1) is 5.92 Å². The highest BCUT2D eigenvalue weighted by molar-refractivity contribution is 6.37. The van der Waals surface area contributed by atoms with Gasteiger partial charge in [0.15, 0.2) is 0 Å². The molecule has 0 saturated heterocycles. The monoisotopic (exact) mass is 800 g/mol. The van der Waals surface area contributed by atoms with Crippen LogP contribution in [-0.4, -0.2) is 105 Å². The fourth-order valence-electron chi connectivity index (χ4n) is 3.60. The van der Waals surface area contributed by atoms with Crippen LogP contribution in [0.4, 0.5) is 0 Å². The van der Waals surface area contributed by atoms with Gasteiger partial charge in [0.2, 0.25) is 5.78 Å². The topological polar surface area (TPSA) is 296 Å². The molecule has 0 aromatic carbocycles. The van der Waals surface area contributed by atoms with Gasteiger partial charge in [0.25, 0.3) is 5.78 Å². The van der Waals surface area contributed by atoms with Crippen molar-refractivity contribution in [2.75, 3.05) is 19.8 Å². The third kappa shape index (κ3) is 45.3. The number of unbranched alkanes of at least 4 members (excludes halogenated alkanes) is 3. The molecule has 0 radical (unpaired) electrons. The van der Waals surface area contributed by atoms with Crippen LogP contribution < -0.4 is 0 Å². The van der Waals surface area contributed by atoms with Crippen LogP contribution in [0.3, 0.4) is 0 Å². The van der Waals surface area contributed by atoms with E-state index in [4.69, 9.17) is 29.9 Å². The second-order valence-corrected chi connectivity index (χ2v) is 11.0. The number of rotatable bonds is 26. The Bertz CT molecular complexity index is 1160. The summed E-state index contributed by atoms with van der Waals surface area (Å²) >= 11 is 0. The zero-order valence-electron chi connectivity index (χ0n) is 31.7. The third-order valence-electron chi connectivity index (χ3n) is 6.17. The number of hydrogen-bond donors (Lipinski definition) is 4. The van der Waals surface area contributed by atoms with Gasteiger partial charge in [-0.05, 0) is 86.0 Å². The van der Waals surface area contributed by atoms with Crippen LogP contribution in [0.5, 0.6) is 0 Å². The lowest BCUT2D eigenvalue weighted by molar-refractivity contribution is -0.162. The Kier molecular flexibility index (Phi) is 42.8. The number of ether oxygens (including phenoxy) is 3. The van der Waals surface area contributed by atoms with Gasteiger partial charge in [-0.3, -0.25) is 33.6 Å². The van der Waals surface area contributed by atoms with Gasteiger partial charge in [0, 0.05) is 44.9 Å². The maximum absolute atomic E-state index is 11.8. The minimum absolute atomic E-state index is 0. The first-order valence-electron chi connectivity index (χ1n) is 17.2. The quantitative estimate of drug-likeness (QED) is 0.0313. The molecule has 0 rings (SSSR count). The molecule has 0 heterocycles. The summed E-state index contributed by atoms with van der Waals surface area (Å²) in [5, 5.41) is 32.6. The Morgan fingerprint density at radius 3 is 1.22 bits per heavy atom. The molecule has 0 saturated carbocycles. The number of carboxylic acid groups (broad SMARTS) is 4. The molecule has 0 spiro atoms. The van der Waals surface area contributed by atoms with E-state index in [0.717, 1.165) is 12.8 Å². The molecule has 4 N–H and O–H groups in total. The van der Waals surface area contributed by atoms with Gasteiger partial charge in [-0.25, -0.2) is 9.59 Å². The van der Waals surface area contributed by atoms with Crippen molar-refractivity contribution < 1.29 is 87.4 Å². The molecule has 0 fully saturated rings. The summed E-state index contributed by atoms with van der Waals surface area (Å²) in [6, 6.07) is 0. The summed E-state index contributed by atoms with van der Waals surface area (Å²) in [4.78, 5) is 117. The molecule has 18 nitrogen and oxygen atoms in total. The van der Waals surface area contributed by atoms with E-state index < -0.39 is 53.3 Å². The number of aliphatic carboxylic acids is 4. The van der Waals surface area contributed by atoms with E-state index in [-0.39, 0.29) is 81.7 Å². The Balaban J connectivity index is -0.000000203. The van der Waals surface area contributed by atoms with Crippen LogP contribution in [0.15, 0.2) is 0 Å². The lowest BCUT2D eigenvalue weighted by atomic mass is 9.96. The standard InChI is InChI=1S/C13H20O6.C9H16O3.C7H10O5.C6H10O4.ClH/c1-4-18-12(16)10(8-6-7-9(3)14)11(15)13(17)19-5-2;1-3-12-9(11)7-5-4-6-8(2)10;8-5(7(11)12)3-1-2-4-6(9)10;7-5(8)3-1-2-4-6(9)10;/h10H,4-8H2,1-3H3;3-7H2,1-2H3;1-4H2,(H,9,10)(H,11,12);1-4H2,(H,7,8)(H,9,10);1H. The minimum Gasteiger partial charge on any atom is -0.481 e. The van der Waals surface area contributed by atoms with Crippen molar-refractivity contribution in [3.05, 3.63) is 0 Å². The van der Waals surface area contributed by atoms with Crippen LogP contribution in [0.25, 0.3) is 0 Å². The van der Waals surface area contributed by atoms with Crippen molar-refractivity contribution >= 4 is 77.3 Å². The molecular weight excluding hydrogens is 744 g/mol. The highest BCUT2D eigenvalue weighted by Crippen LogP contribution is 2.14. The minimum atomic E-state index is -1.45. The second kappa shape index (κ2) is 39.5. The molecule has 0 amide bonds. The SMILES string of the molecule is CCOC(=O)C(=O)C(CCCC(C)=O)C(=O)OCC.CCOC(=O)CCCCC(C)=O.Cl.O=C(O)CCCCC(=O)C(=O)O.O=C(O)CCCCC(=O)O. The molecule has 0 aliphatic carbocycles. The van der Waals surface area contributed by atoms with Crippen molar-refractivity contribution in [3.8, 4) is 0 Å². The second-order valence-electron chi connectivity index (χ2n) is 11.0. The fraction of sp³-hybridized carbons (Fsp3) is 0.686. The summed E-state index contributed by atoms with van der Waals surface area (Å²) in [5.74, 6) is -8.89. The summed E-state index contributed by atoms with van der Waals surface area (Å²) in [5.41, 5.74) is 0. The average Bonchev–Trinajstić information content (AvgIpc) is 3.06. The van der Waals surface area contributed by atoms with E-state index in [1.165, 1.54) is 6.92 Å².